The third kappa shape index (κ3) is 4.87. The molecule has 1 heterocycles. The Balaban J connectivity index is 2.18. The molecule has 0 fully saturated rings. The van der Waals surface area contributed by atoms with Crippen molar-refractivity contribution in [1.82, 2.24) is 9.55 Å². The third-order valence-electron chi connectivity index (χ3n) is 6.29. The lowest BCUT2D eigenvalue weighted by Gasteiger charge is -2.38. The summed E-state index contributed by atoms with van der Waals surface area (Å²) in [5.74, 6) is 0. The Morgan fingerprint density at radius 1 is 0.935 bits per heavy atom. The summed E-state index contributed by atoms with van der Waals surface area (Å²) in [7, 11) is -1.88. The number of amides is 1. The molecule has 0 saturated heterocycles. The number of hydrogen-bond acceptors (Lipinski definition) is 2. The van der Waals surface area contributed by atoms with Gasteiger partial charge in [-0.3, -0.25) is 0 Å². The standard InChI is InChI=1S/C26H36N2O2Si/c1-25(2,3)30-24(29)27-23(19-14-10-9-11-15-19)21-18-28(31(7,8)26(4,5)6)22-17-13-12-16-20(21)22/h9-18,23H,1-8H3,(H,27,29)/t23-/m0/s1. The minimum absolute atomic E-state index is 0.174. The first-order chi connectivity index (χ1) is 14.3. The molecule has 0 aliphatic carbocycles. The number of ether oxygens (including phenoxy) is 1. The lowest BCUT2D eigenvalue weighted by atomic mass is 9.98. The van der Waals surface area contributed by atoms with Crippen molar-refractivity contribution in [2.75, 3.05) is 0 Å². The second kappa shape index (κ2) is 8.19. The fourth-order valence-electron chi connectivity index (χ4n) is 3.67. The summed E-state index contributed by atoms with van der Waals surface area (Å²) in [6.07, 6.45) is 1.85. The minimum Gasteiger partial charge on any atom is -0.444 e. The lowest BCUT2D eigenvalue weighted by molar-refractivity contribution is 0.0512. The molecule has 0 spiro atoms. The Morgan fingerprint density at radius 2 is 1.52 bits per heavy atom. The van der Waals surface area contributed by atoms with Crippen LogP contribution in [0.5, 0.6) is 0 Å². The molecule has 0 bridgehead atoms. The van der Waals surface area contributed by atoms with Crippen LogP contribution < -0.4 is 5.32 Å². The van der Waals surface area contributed by atoms with Crippen LogP contribution in [0.1, 0.15) is 58.7 Å². The van der Waals surface area contributed by atoms with E-state index < -0.39 is 19.9 Å². The fourth-order valence-corrected chi connectivity index (χ4v) is 5.65. The molecule has 2 aromatic carbocycles. The number of nitrogens with one attached hydrogen (secondary N) is 1. The van der Waals surface area contributed by atoms with E-state index in [1.54, 1.807) is 0 Å². The van der Waals surface area contributed by atoms with E-state index in [1.807, 2.05) is 39.0 Å². The van der Waals surface area contributed by atoms with Gasteiger partial charge in [-0.1, -0.05) is 82.4 Å². The van der Waals surface area contributed by atoms with Gasteiger partial charge in [-0.2, -0.15) is 0 Å². The number of para-hydroxylation sites is 1. The molecule has 3 rings (SSSR count). The zero-order chi connectivity index (χ0) is 23.0. The molecule has 1 N–H and O–H groups in total. The van der Waals surface area contributed by atoms with Crippen LogP contribution in [0.25, 0.3) is 10.9 Å². The average molecular weight is 437 g/mol. The van der Waals surface area contributed by atoms with Crippen molar-refractivity contribution in [1.29, 1.82) is 0 Å². The maximum Gasteiger partial charge on any atom is 0.408 e. The Labute approximate surface area is 187 Å². The first-order valence-electron chi connectivity index (χ1n) is 11.0. The van der Waals surface area contributed by atoms with E-state index in [0.717, 1.165) is 16.5 Å². The van der Waals surface area contributed by atoms with Crippen LogP contribution in [-0.4, -0.2) is 24.2 Å². The SMILES string of the molecule is CC(C)(C)OC(=O)N[C@@H](c1ccccc1)c1cn([Si](C)(C)C(C)(C)C)c2ccccc12. The van der Waals surface area contributed by atoms with Crippen molar-refractivity contribution >= 4 is 25.2 Å². The molecule has 4 nitrogen and oxygen atoms in total. The van der Waals surface area contributed by atoms with Crippen LogP contribution in [0.3, 0.4) is 0 Å². The third-order valence-corrected chi connectivity index (χ3v) is 11.5. The van der Waals surface area contributed by atoms with Gasteiger partial charge in [0, 0.05) is 22.7 Å². The fraction of sp³-hybridized carbons (Fsp3) is 0.423. The molecule has 0 unspecified atom stereocenters. The minimum atomic E-state index is -1.88. The van der Waals surface area contributed by atoms with Gasteiger partial charge in [0.25, 0.3) is 0 Å². The summed E-state index contributed by atoms with van der Waals surface area (Å²) >= 11 is 0. The molecular formula is C26H36N2O2Si. The summed E-state index contributed by atoms with van der Waals surface area (Å²) < 4.78 is 8.09. The zero-order valence-electron chi connectivity index (χ0n) is 20.1. The number of hydrogen-bond donors (Lipinski definition) is 1. The molecular weight excluding hydrogens is 400 g/mol. The van der Waals surface area contributed by atoms with E-state index in [2.05, 4.69) is 86.0 Å². The Bertz CT molecular complexity index is 1060. The normalized spacial score (nSPS) is 13.8. The predicted molar refractivity (Wildman–Crippen MR) is 132 cm³/mol. The number of nitrogens with zero attached hydrogens (tertiary/aromatic N) is 1. The van der Waals surface area contributed by atoms with E-state index >= 15 is 0 Å². The molecule has 31 heavy (non-hydrogen) atoms. The van der Waals surface area contributed by atoms with E-state index in [1.165, 1.54) is 5.52 Å². The number of carbonyl (C=O) groups excluding carboxylic acids is 1. The van der Waals surface area contributed by atoms with Gasteiger partial charge in [-0.25, -0.2) is 4.79 Å². The van der Waals surface area contributed by atoms with E-state index in [9.17, 15) is 4.79 Å². The van der Waals surface area contributed by atoms with Crippen LogP contribution in [0.15, 0.2) is 60.8 Å². The number of fused-ring (bicyclic) bond motifs is 1. The number of aromatic nitrogens is 1. The molecule has 0 radical (unpaired) electrons. The number of benzene rings is 2. The smallest absolute Gasteiger partial charge is 0.408 e. The number of rotatable bonds is 4. The molecule has 0 aliphatic heterocycles. The maximum absolute atomic E-state index is 12.8. The Hall–Kier alpha value is -2.53. The summed E-state index contributed by atoms with van der Waals surface area (Å²) in [5, 5.41) is 4.48. The van der Waals surface area contributed by atoms with Crippen LogP contribution in [-0.2, 0) is 4.74 Å². The summed E-state index contributed by atoms with van der Waals surface area (Å²) in [4.78, 5) is 12.8. The quantitative estimate of drug-likeness (QED) is 0.443. The van der Waals surface area contributed by atoms with Crippen molar-refractivity contribution < 1.29 is 9.53 Å². The predicted octanol–water partition coefficient (Wildman–Crippen LogP) is 7.11. The molecule has 1 aromatic heterocycles. The molecule has 1 atom stereocenters. The molecule has 0 aliphatic rings. The Morgan fingerprint density at radius 3 is 2.10 bits per heavy atom. The molecule has 0 saturated carbocycles. The van der Waals surface area contributed by atoms with Gasteiger partial charge in [0.05, 0.1) is 6.04 Å². The highest BCUT2D eigenvalue weighted by molar-refractivity contribution is 6.79. The van der Waals surface area contributed by atoms with Crippen molar-refractivity contribution in [3.05, 3.63) is 71.9 Å². The molecule has 166 valence electrons. The van der Waals surface area contributed by atoms with E-state index in [-0.39, 0.29) is 11.1 Å². The first-order valence-corrected chi connectivity index (χ1v) is 13.9. The van der Waals surface area contributed by atoms with Crippen molar-refractivity contribution in [3.63, 3.8) is 0 Å². The largest absolute Gasteiger partial charge is 0.444 e. The van der Waals surface area contributed by atoms with Crippen molar-refractivity contribution in [3.8, 4) is 0 Å². The van der Waals surface area contributed by atoms with Gasteiger partial charge >= 0.3 is 6.09 Å². The monoisotopic (exact) mass is 436 g/mol. The highest BCUT2D eigenvalue weighted by Gasteiger charge is 2.39. The second-order valence-electron chi connectivity index (χ2n) is 10.8. The zero-order valence-corrected chi connectivity index (χ0v) is 21.1. The maximum atomic E-state index is 12.8. The topological polar surface area (TPSA) is 43.3 Å². The average Bonchev–Trinajstić information content (AvgIpc) is 3.05. The van der Waals surface area contributed by atoms with Gasteiger partial charge < -0.3 is 14.3 Å². The lowest BCUT2D eigenvalue weighted by Crippen LogP contribution is -2.45. The van der Waals surface area contributed by atoms with Gasteiger partial charge in [0.2, 0.25) is 0 Å². The second-order valence-corrected chi connectivity index (χ2v) is 15.9. The van der Waals surface area contributed by atoms with Crippen molar-refractivity contribution in [2.45, 2.75) is 71.3 Å². The number of carbonyl (C=O) groups is 1. The highest BCUT2D eigenvalue weighted by atomic mass is 28.3. The summed E-state index contributed by atoms with van der Waals surface area (Å²) in [5.41, 5.74) is 2.79. The van der Waals surface area contributed by atoms with Gasteiger partial charge in [0.15, 0.2) is 8.24 Å². The van der Waals surface area contributed by atoms with Crippen LogP contribution in [0.4, 0.5) is 4.79 Å². The van der Waals surface area contributed by atoms with Crippen molar-refractivity contribution in [2.24, 2.45) is 0 Å². The summed E-state index contributed by atoms with van der Waals surface area (Å²) in [6.45, 7) is 17.4. The first kappa shape index (κ1) is 23.1. The van der Waals surface area contributed by atoms with E-state index in [4.69, 9.17) is 4.74 Å². The van der Waals surface area contributed by atoms with E-state index in [0.29, 0.717) is 0 Å². The highest BCUT2D eigenvalue weighted by Crippen LogP contribution is 2.41. The van der Waals surface area contributed by atoms with Crippen LogP contribution in [0, 0.1) is 0 Å². The van der Waals surface area contributed by atoms with Crippen LogP contribution in [0.2, 0.25) is 18.1 Å². The van der Waals surface area contributed by atoms with Gasteiger partial charge in [-0.05, 0) is 37.4 Å². The molecule has 5 heteroatoms. The van der Waals surface area contributed by atoms with Gasteiger partial charge in [0.1, 0.15) is 5.60 Å². The number of alkyl carbamates (subject to hydrolysis) is 1. The Kier molecular flexibility index (Phi) is 6.11. The summed E-state index contributed by atoms with van der Waals surface area (Å²) in [6, 6.07) is 18.3. The molecule has 3 aromatic rings. The van der Waals surface area contributed by atoms with Crippen LogP contribution >= 0.6 is 0 Å². The molecule has 1 amide bonds. The van der Waals surface area contributed by atoms with Gasteiger partial charge in [-0.15, -0.1) is 0 Å².